The molecule has 0 saturated carbocycles. The number of aryl methyl sites for hydroxylation is 1. The predicted molar refractivity (Wildman–Crippen MR) is 130 cm³/mol. The average Bonchev–Trinajstić information content (AvgIpc) is 3.37. The zero-order chi connectivity index (χ0) is 27.5. The molecule has 3 N–H and O–H groups in total. The molecule has 0 aliphatic carbocycles. The molecule has 4 heterocycles. The largest absolute Gasteiger partial charge is 0.489 e. The molecule has 2 aromatic heterocycles. The van der Waals surface area contributed by atoms with Crippen molar-refractivity contribution in [2.24, 2.45) is 12.7 Å². The van der Waals surface area contributed by atoms with Crippen LogP contribution in [0, 0.1) is 17.1 Å². The molecule has 0 radical (unpaired) electrons. The summed E-state index contributed by atoms with van der Waals surface area (Å²) in [5.74, 6) is -0.623. The monoisotopic (exact) mass is 490 g/mol. The molecule has 11 heteroatoms. The Hall–Kier alpha value is -4.27. The van der Waals surface area contributed by atoms with Crippen LogP contribution in [0.3, 0.4) is 0 Å². The molecule has 0 amide bonds. The third kappa shape index (κ3) is 3.26. The summed E-state index contributed by atoms with van der Waals surface area (Å²) in [6.45, 7) is -1.23. The Bertz CT molecular complexity index is 1730. The molecule has 2 aromatic carbocycles. The highest BCUT2D eigenvalue weighted by Gasteiger charge is 2.36. The highest BCUT2D eigenvalue weighted by Crippen LogP contribution is 2.46. The van der Waals surface area contributed by atoms with E-state index in [1.54, 1.807) is 18.2 Å². The van der Waals surface area contributed by atoms with Crippen LogP contribution in [0.4, 0.5) is 10.1 Å². The molecule has 182 valence electrons. The molecular weight excluding hydrogens is 465 g/mol. The quantitative estimate of drug-likeness (QED) is 0.446. The summed E-state index contributed by atoms with van der Waals surface area (Å²) in [7, 11) is 0. The Balaban J connectivity index is 1.65. The van der Waals surface area contributed by atoms with Crippen LogP contribution >= 0.6 is 0 Å². The average molecular weight is 491 g/mol. The third-order valence-corrected chi connectivity index (χ3v) is 6.65. The molecule has 0 bridgehead atoms. The fourth-order valence-corrected chi connectivity index (χ4v) is 4.97. The molecule has 1 atom stereocenters. The van der Waals surface area contributed by atoms with Crippen molar-refractivity contribution in [2.75, 3.05) is 31.3 Å². The van der Waals surface area contributed by atoms with E-state index in [0.717, 1.165) is 4.68 Å². The zero-order valence-electron chi connectivity index (χ0n) is 21.9. The van der Waals surface area contributed by atoms with Crippen molar-refractivity contribution in [3.63, 3.8) is 0 Å². The van der Waals surface area contributed by atoms with Crippen molar-refractivity contribution in [3.05, 3.63) is 57.9 Å². The summed E-state index contributed by atoms with van der Waals surface area (Å²) < 4.78 is 52.3. The number of nitrogens with one attached hydrogen (secondary N) is 1. The smallest absolute Gasteiger partial charge is 0.272 e. The number of hydrogen-bond donors (Lipinski definition) is 2. The van der Waals surface area contributed by atoms with Gasteiger partial charge in [-0.3, -0.25) is 9.48 Å². The lowest BCUT2D eigenvalue weighted by Gasteiger charge is -2.42. The van der Waals surface area contributed by atoms with Gasteiger partial charge in [0, 0.05) is 41.2 Å². The second-order valence-electron chi connectivity index (χ2n) is 8.58. The lowest BCUT2D eigenvalue weighted by Crippen LogP contribution is -2.51. The molecule has 1 fully saturated rings. The SMILES string of the molecule is [2H]C([2H])([2H])n1ncc(-c2ccc3c(=O)[nH]nc(CN)c3c2)c1-c1c(F)cc2c(c1C#N)N1CCOC[C@H]1CO2. The van der Waals surface area contributed by atoms with Gasteiger partial charge in [-0.1, -0.05) is 6.07 Å². The van der Waals surface area contributed by atoms with E-state index in [4.69, 9.17) is 19.3 Å². The van der Waals surface area contributed by atoms with Crippen LogP contribution in [0.25, 0.3) is 33.2 Å². The van der Waals surface area contributed by atoms with Gasteiger partial charge in [0.1, 0.15) is 24.2 Å². The van der Waals surface area contributed by atoms with E-state index in [2.05, 4.69) is 21.4 Å². The number of fused-ring (bicyclic) bond motifs is 4. The van der Waals surface area contributed by atoms with Crippen molar-refractivity contribution in [1.82, 2.24) is 20.0 Å². The summed E-state index contributed by atoms with van der Waals surface area (Å²) in [6, 6.07) is 7.89. The van der Waals surface area contributed by atoms with Crippen LogP contribution in [0.15, 0.2) is 35.3 Å². The minimum atomic E-state index is -2.79. The van der Waals surface area contributed by atoms with Crippen molar-refractivity contribution >= 4 is 16.5 Å². The lowest BCUT2D eigenvalue weighted by molar-refractivity contribution is 0.0704. The van der Waals surface area contributed by atoms with Gasteiger partial charge in [-0.15, -0.1) is 0 Å². The van der Waals surface area contributed by atoms with Crippen LogP contribution in [-0.4, -0.2) is 52.4 Å². The van der Waals surface area contributed by atoms with Crippen LogP contribution in [0.1, 0.15) is 15.4 Å². The summed E-state index contributed by atoms with van der Waals surface area (Å²) in [6.07, 6.45) is 1.31. The fraction of sp³-hybridized carbons (Fsp3) is 0.280. The maximum absolute atomic E-state index is 15.9. The first kappa shape index (κ1) is 19.0. The highest BCUT2D eigenvalue weighted by molar-refractivity contribution is 5.93. The molecule has 10 nitrogen and oxygen atoms in total. The van der Waals surface area contributed by atoms with Crippen molar-refractivity contribution in [1.29, 1.82) is 5.26 Å². The van der Waals surface area contributed by atoms with Gasteiger partial charge in [-0.25, -0.2) is 9.49 Å². The van der Waals surface area contributed by atoms with Gasteiger partial charge in [-0.05, 0) is 17.7 Å². The molecule has 2 aliphatic heterocycles. The van der Waals surface area contributed by atoms with Crippen molar-refractivity contribution in [3.8, 4) is 34.2 Å². The maximum Gasteiger partial charge on any atom is 0.272 e. The summed E-state index contributed by atoms with van der Waals surface area (Å²) >= 11 is 0. The number of hydrogen-bond acceptors (Lipinski definition) is 8. The number of morpholine rings is 1. The number of rotatable bonds is 3. The number of nitrogens with two attached hydrogens (primary N) is 1. The number of ether oxygens (including phenoxy) is 2. The molecule has 6 rings (SSSR count). The van der Waals surface area contributed by atoms with Gasteiger partial charge < -0.3 is 20.1 Å². The number of anilines is 1. The van der Waals surface area contributed by atoms with E-state index < -0.39 is 18.4 Å². The number of halogens is 1. The number of aromatic amines is 1. The normalized spacial score (nSPS) is 18.4. The molecule has 0 spiro atoms. The highest BCUT2D eigenvalue weighted by atomic mass is 19.1. The van der Waals surface area contributed by atoms with Gasteiger partial charge in [0.2, 0.25) is 0 Å². The standard InChI is InChI=1S/C25H22FN7O3/c1-32-24(18(10-29-32)13-2-3-15-16(6-13)20(9-28)30-31-25(15)34)22-17(8-27)23-21(7-19(22)26)36-12-14-11-35-5-4-33(14)23/h2-3,6-7,10,14H,4-5,9,11-12,28H2,1H3,(H,31,34)/t14-/m0/s1/i1D3. The zero-order valence-corrected chi connectivity index (χ0v) is 18.9. The fourth-order valence-electron chi connectivity index (χ4n) is 4.97. The van der Waals surface area contributed by atoms with Gasteiger partial charge in [0.25, 0.3) is 5.56 Å². The Morgan fingerprint density at radius 3 is 3.06 bits per heavy atom. The molecular formula is C25H22FN7O3. The number of benzene rings is 2. The van der Waals surface area contributed by atoms with Crippen LogP contribution < -0.4 is 20.9 Å². The maximum atomic E-state index is 15.9. The topological polar surface area (TPSA) is 135 Å². The van der Waals surface area contributed by atoms with Gasteiger partial charge in [-0.2, -0.15) is 15.5 Å². The number of aromatic nitrogens is 4. The van der Waals surface area contributed by atoms with E-state index in [9.17, 15) is 10.1 Å². The van der Waals surface area contributed by atoms with Gasteiger partial charge >= 0.3 is 0 Å². The lowest BCUT2D eigenvalue weighted by atomic mass is 9.93. The number of H-pyrrole nitrogens is 1. The number of nitrogens with zero attached hydrogens (tertiary/aromatic N) is 5. The first-order chi connectivity index (χ1) is 18.7. The van der Waals surface area contributed by atoms with E-state index in [0.29, 0.717) is 47.5 Å². The minimum absolute atomic E-state index is 0.0386. The van der Waals surface area contributed by atoms with Gasteiger partial charge in [0.05, 0.1) is 59.0 Å². The summed E-state index contributed by atoms with van der Waals surface area (Å²) in [5.41, 5.74) is 6.53. The van der Waals surface area contributed by atoms with Crippen LogP contribution in [-0.2, 0) is 18.3 Å². The number of nitriles is 1. The van der Waals surface area contributed by atoms with E-state index in [1.165, 1.54) is 12.3 Å². The predicted octanol–water partition coefficient (Wildman–Crippen LogP) is 2.06. The van der Waals surface area contributed by atoms with E-state index >= 15 is 4.39 Å². The second kappa shape index (κ2) is 8.44. The molecule has 36 heavy (non-hydrogen) atoms. The van der Waals surface area contributed by atoms with Crippen molar-refractivity contribution < 1.29 is 18.0 Å². The Labute approximate surface area is 208 Å². The first-order valence-corrected chi connectivity index (χ1v) is 11.3. The van der Waals surface area contributed by atoms with Crippen LogP contribution in [0.2, 0.25) is 0 Å². The molecule has 0 unspecified atom stereocenters. The summed E-state index contributed by atoms with van der Waals surface area (Å²) in [5, 5.41) is 21.6. The van der Waals surface area contributed by atoms with E-state index in [-0.39, 0.29) is 47.3 Å². The van der Waals surface area contributed by atoms with Crippen molar-refractivity contribution in [2.45, 2.75) is 12.6 Å². The van der Waals surface area contributed by atoms with E-state index in [1.807, 2.05) is 4.90 Å². The Kier molecular flexibility index (Phi) is 4.45. The van der Waals surface area contributed by atoms with Gasteiger partial charge in [0.15, 0.2) is 0 Å². The third-order valence-electron chi connectivity index (χ3n) is 6.65. The molecule has 4 aromatic rings. The minimum Gasteiger partial charge on any atom is -0.489 e. The van der Waals surface area contributed by atoms with Crippen LogP contribution in [0.5, 0.6) is 5.75 Å². The Morgan fingerprint density at radius 1 is 1.36 bits per heavy atom. The molecule has 1 saturated heterocycles. The first-order valence-electron chi connectivity index (χ1n) is 12.8. The molecule has 2 aliphatic rings. The second-order valence-corrected chi connectivity index (χ2v) is 8.58. The summed E-state index contributed by atoms with van der Waals surface area (Å²) in [4.78, 5) is 14.3. The Morgan fingerprint density at radius 2 is 2.25 bits per heavy atom.